The second-order valence-electron chi connectivity index (χ2n) is 3.92. The summed E-state index contributed by atoms with van der Waals surface area (Å²) in [5.74, 6) is 0. The Balaban J connectivity index is 2.57. The molecule has 2 rings (SSSR count). The number of rotatable bonds is 1. The largest absolute Gasteiger partial charge is 0.391 e. The van der Waals surface area contributed by atoms with Crippen LogP contribution >= 0.6 is 0 Å². The monoisotopic (exact) mass is 187 g/mol. The van der Waals surface area contributed by atoms with Gasteiger partial charge < -0.3 is 5.11 Å². The molecule has 72 valence electrons. The van der Waals surface area contributed by atoms with Crippen molar-refractivity contribution in [2.75, 3.05) is 0 Å². The summed E-state index contributed by atoms with van der Waals surface area (Å²) in [6.07, 6.45) is 1.03. The highest BCUT2D eigenvalue weighted by molar-refractivity contribution is 5.45. The van der Waals surface area contributed by atoms with Gasteiger partial charge in [-0.25, -0.2) is 0 Å². The lowest BCUT2D eigenvalue weighted by Crippen LogP contribution is -2.33. The highest BCUT2D eigenvalue weighted by atomic mass is 16.3. The molecule has 2 atom stereocenters. The van der Waals surface area contributed by atoms with Gasteiger partial charge in [-0.1, -0.05) is 24.3 Å². The van der Waals surface area contributed by atoms with Crippen LogP contribution in [0.1, 0.15) is 24.5 Å². The van der Waals surface area contributed by atoms with E-state index in [1.54, 1.807) is 6.92 Å². The van der Waals surface area contributed by atoms with E-state index in [9.17, 15) is 10.4 Å². The first-order valence-corrected chi connectivity index (χ1v) is 4.88. The van der Waals surface area contributed by atoms with E-state index in [0.29, 0.717) is 0 Å². The Kier molecular flexibility index (Phi) is 2.05. The summed E-state index contributed by atoms with van der Waals surface area (Å²) < 4.78 is 0. The summed E-state index contributed by atoms with van der Waals surface area (Å²) in [5, 5.41) is 19.0. The predicted octanol–water partition coefficient (Wildman–Crippen LogP) is 1.77. The minimum absolute atomic E-state index is 0.601. The van der Waals surface area contributed by atoms with Gasteiger partial charge in [-0.05, 0) is 30.9 Å². The fraction of sp³-hybridized carbons (Fsp3) is 0.417. The molecule has 1 aromatic carbocycles. The van der Waals surface area contributed by atoms with Crippen molar-refractivity contribution in [1.82, 2.24) is 0 Å². The van der Waals surface area contributed by atoms with Crippen LogP contribution in [0.15, 0.2) is 24.3 Å². The van der Waals surface area contributed by atoms with E-state index in [4.69, 9.17) is 0 Å². The number of aryl methyl sites for hydroxylation is 1. The summed E-state index contributed by atoms with van der Waals surface area (Å²) in [6.45, 7) is 1.70. The minimum Gasteiger partial charge on any atom is -0.391 e. The molecule has 0 saturated heterocycles. The molecule has 1 N–H and O–H groups in total. The number of nitriles is 1. The van der Waals surface area contributed by atoms with Gasteiger partial charge in [-0.15, -0.1) is 0 Å². The molecule has 1 aromatic rings. The number of aliphatic hydroxyl groups excluding tert-OH is 1. The number of aliphatic hydroxyl groups is 1. The molecule has 0 bridgehead atoms. The average Bonchev–Trinajstić information content (AvgIpc) is 2.57. The molecule has 0 fully saturated rings. The number of hydrogen-bond donors (Lipinski definition) is 1. The van der Waals surface area contributed by atoms with Crippen molar-refractivity contribution >= 4 is 0 Å². The smallest absolute Gasteiger partial charge is 0.108 e. The van der Waals surface area contributed by atoms with E-state index >= 15 is 0 Å². The van der Waals surface area contributed by atoms with E-state index < -0.39 is 11.5 Å². The van der Waals surface area contributed by atoms with E-state index in [1.807, 2.05) is 24.3 Å². The molecule has 1 aliphatic carbocycles. The Morgan fingerprint density at radius 3 is 2.86 bits per heavy atom. The van der Waals surface area contributed by atoms with Gasteiger partial charge in [0.25, 0.3) is 0 Å². The van der Waals surface area contributed by atoms with Gasteiger partial charge in [0.05, 0.1) is 12.2 Å². The van der Waals surface area contributed by atoms with Crippen LogP contribution in [0.5, 0.6) is 0 Å². The van der Waals surface area contributed by atoms with Gasteiger partial charge in [-0.2, -0.15) is 5.26 Å². The quantitative estimate of drug-likeness (QED) is 0.728. The van der Waals surface area contributed by atoms with Crippen molar-refractivity contribution < 1.29 is 5.11 Å². The Hall–Kier alpha value is -1.33. The highest BCUT2D eigenvalue weighted by Crippen LogP contribution is 2.40. The van der Waals surface area contributed by atoms with Crippen molar-refractivity contribution in [3.05, 3.63) is 35.4 Å². The van der Waals surface area contributed by atoms with Gasteiger partial charge in [0.2, 0.25) is 0 Å². The molecule has 14 heavy (non-hydrogen) atoms. The molecule has 0 aromatic heterocycles. The summed E-state index contributed by atoms with van der Waals surface area (Å²) >= 11 is 0. The molecule has 2 nitrogen and oxygen atoms in total. The van der Waals surface area contributed by atoms with Crippen molar-refractivity contribution in [3.8, 4) is 6.07 Å². The van der Waals surface area contributed by atoms with Crippen molar-refractivity contribution in [2.24, 2.45) is 0 Å². The molecular formula is C12H13NO. The Labute approximate surface area is 83.8 Å². The van der Waals surface area contributed by atoms with Crippen molar-refractivity contribution in [2.45, 2.75) is 31.3 Å². The number of nitrogens with zero attached hydrogens (tertiary/aromatic N) is 1. The molecular weight excluding hydrogens is 174 g/mol. The van der Waals surface area contributed by atoms with Crippen molar-refractivity contribution in [3.63, 3.8) is 0 Å². The molecule has 0 heterocycles. The first kappa shape index (κ1) is 9.23. The first-order valence-electron chi connectivity index (χ1n) is 4.88. The molecule has 0 amide bonds. The van der Waals surface area contributed by atoms with E-state index in [-0.39, 0.29) is 0 Å². The number of fused-ring (bicyclic) bond motifs is 1. The molecule has 0 saturated carbocycles. The van der Waals surface area contributed by atoms with Gasteiger partial charge in [0.1, 0.15) is 5.41 Å². The van der Waals surface area contributed by atoms with E-state index in [1.165, 1.54) is 5.56 Å². The van der Waals surface area contributed by atoms with Crippen LogP contribution in [-0.4, -0.2) is 11.2 Å². The van der Waals surface area contributed by atoms with Crippen LogP contribution in [0.4, 0.5) is 0 Å². The van der Waals surface area contributed by atoms with Crippen LogP contribution in [0.2, 0.25) is 0 Å². The number of benzene rings is 1. The third-order valence-electron chi connectivity index (χ3n) is 3.20. The summed E-state index contributed by atoms with van der Waals surface area (Å²) in [5.41, 5.74) is 1.55. The van der Waals surface area contributed by atoms with Gasteiger partial charge in [-0.3, -0.25) is 0 Å². The zero-order chi connectivity index (χ0) is 10.2. The lowest BCUT2D eigenvalue weighted by molar-refractivity contribution is 0.128. The maximum absolute atomic E-state index is 9.73. The Morgan fingerprint density at radius 2 is 2.21 bits per heavy atom. The third kappa shape index (κ3) is 1.06. The second kappa shape index (κ2) is 3.11. The van der Waals surface area contributed by atoms with Crippen molar-refractivity contribution in [1.29, 1.82) is 5.26 Å². The third-order valence-corrected chi connectivity index (χ3v) is 3.20. The van der Waals surface area contributed by atoms with Crippen LogP contribution in [-0.2, 0) is 11.8 Å². The van der Waals surface area contributed by atoms with Crippen LogP contribution in [0.25, 0.3) is 0 Å². The lowest BCUT2D eigenvalue weighted by Gasteiger charge is -2.25. The molecule has 2 unspecified atom stereocenters. The fourth-order valence-corrected chi connectivity index (χ4v) is 2.28. The second-order valence-corrected chi connectivity index (χ2v) is 3.92. The summed E-state index contributed by atoms with van der Waals surface area (Å²) in [7, 11) is 0. The van der Waals surface area contributed by atoms with E-state index in [0.717, 1.165) is 18.4 Å². The molecule has 2 heteroatoms. The predicted molar refractivity (Wildman–Crippen MR) is 53.7 cm³/mol. The molecule has 0 aliphatic heterocycles. The maximum atomic E-state index is 9.73. The van der Waals surface area contributed by atoms with Crippen LogP contribution in [0.3, 0.4) is 0 Å². The lowest BCUT2D eigenvalue weighted by atomic mass is 9.79. The Morgan fingerprint density at radius 1 is 1.50 bits per heavy atom. The van der Waals surface area contributed by atoms with Gasteiger partial charge in [0.15, 0.2) is 0 Å². The minimum atomic E-state index is -0.670. The fourth-order valence-electron chi connectivity index (χ4n) is 2.28. The Bertz CT molecular complexity index is 392. The SMILES string of the molecule is CC(O)C1(C#N)CCc2ccccc21. The summed E-state index contributed by atoms with van der Waals surface area (Å²) in [6, 6.07) is 10.2. The molecule has 0 spiro atoms. The molecule has 1 aliphatic rings. The first-order chi connectivity index (χ1) is 6.70. The zero-order valence-corrected chi connectivity index (χ0v) is 8.20. The van der Waals surface area contributed by atoms with Gasteiger partial charge in [0, 0.05) is 0 Å². The average molecular weight is 187 g/mol. The highest BCUT2D eigenvalue weighted by Gasteiger charge is 2.42. The number of hydrogen-bond acceptors (Lipinski definition) is 2. The van der Waals surface area contributed by atoms with E-state index in [2.05, 4.69) is 6.07 Å². The maximum Gasteiger partial charge on any atom is 0.108 e. The van der Waals surface area contributed by atoms with Crippen LogP contribution in [0, 0.1) is 11.3 Å². The summed E-state index contributed by atoms with van der Waals surface area (Å²) in [4.78, 5) is 0. The standard InChI is InChI=1S/C12H13NO/c1-9(14)12(8-13)7-6-10-4-2-3-5-11(10)12/h2-5,9,14H,6-7H2,1H3. The topological polar surface area (TPSA) is 44.0 Å². The zero-order valence-electron chi connectivity index (χ0n) is 8.20. The van der Waals surface area contributed by atoms with Gasteiger partial charge >= 0.3 is 0 Å². The van der Waals surface area contributed by atoms with Crippen LogP contribution < -0.4 is 0 Å². The normalized spacial score (nSPS) is 26.6. The molecule has 0 radical (unpaired) electrons.